The number of allylic oxidation sites excluding steroid dienone is 4. The minimum Gasteiger partial charge on any atom is -0.463 e. The Morgan fingerprint density at radius 2 is 1.57 bits per heavy atom. The summed E-state index contributed by atoms with van der Waals surface area (Å²) in [4.78, 5) is 0. The van der Waals surface area contributed by atoms with Crippen LogP contribution in [0.3, 0.4) is 0 Å². The van der Waals surface area contributed by atoms with Crippen molar-refractivity contribution in [2.75, 3.05) is 0 Å². The van der Waals surface area contributed by atoms with Crippen LogP contribution in [0.25, 0.3) is 0 Å². The Labute approximate surface area is 164 Å². The number of ether oxygens (including phenoxy) is 3. The summed E-state index contributed by atoms with van der Waals surface area (Å²) in [6.07, 6.45) is 6.38. The lowest BCUT2D eigenvalue weighted by atomic mass is 9.34. The summed E-state index contributed by atoms with van der Waals surface area (Å²) < 4.78 is 18.7. The first-order valence-corrected chi connectivity index (χ1v) is 9.62. The standard InChI is InChI=1S/C24H17BO3/c1-2-8-16(9-3-1)26-17-14-22-24-23(15-17)28-21-13-7-5-11-19(21)25(24)18-10-4-6-12-20(18)27-22/h1-6,8-12,14-15H,7,13H2. The van der Waals surface area contributed by atoms with Gasteiger partial charge in [0.25, 0.3) is 6.71 Å². The normalized spacial score (nSPS) is 15.8. The summed E-state index contributed by atoms with van der Waals surface area (Å²) in [5.41, 5.74) is 3.52. The lowest BCUT2D eigenvalue weighted by molar-refractivity contribution is 0.390. The molecule has 3 nitrogen and oxygen atoms in total. The van der Waals surface area contributed by atoms with Crippen molar-refractivity contribution in [3.05, 3.63) is 90.1 Å². The molecule has 0 radical (unpaired) electrons. The molecule has 0 bridgehead atoms. The maximum atomic E-state index is 6.34. The van der Waals surface area contributed by atoms with Crippen molar-refractivity contribution in [3.63, 3.8) is 0 Å². The average molecular weight is 364 g/mol. The van der Waals surface area contributed by atoms with Crippen LogP contribution in [-0.2, 0) is 0 Å². The molecule has 3 aromatic rings. The molecule has 28 heavy (non-hydrogen) atoms. The van der Waals surface area contributed by atoms with Gasteiger partial charge in [0.05, 0.1) is 5.76 Å². The van der Waals surface area contributed by atoms with E-state index in [0.29, 0.717) is 5.75 Å². The Balaban J connectivity index is 1.52. The van der Waals surface area contributed by atoms with Crippen molar-refractivity contribution < 1.29 is 14.2 Å². The molecule has 3 aliphatic rings. The van der Waals surface area contributed by atoms with Gasteiger partial charge in [-0.3, -0.25) is 0 Å². The van der Waals surface area contributed by atoms with E-state index in [4.69, 9.17) is 14.2 Å². The van der Waals surface area contributed by atoms with Crippen molar-refractivity contribution in [1.29, 1.82) is 0 Å². The van der Waals surface area contributed by atoms with E-state index < -0.39 is 0 Å². The number of fused-ring (bicyclic) bond motifs is 3. The second-order valence-electron chi connectivity index (χ2n) is 7.24. The molecule has 0 saturated carbocycles. The average Bonchev–Trinajstić information content (AvgIpc) is 2.74. The number of rotatable bonds is 2. The topological polar surface area (TPSA) is 27.7 Å². The third-order valence-corrected chi connectivity index (χ3v) is 5.50. The van der Waals surface area contributed by atoms with Crippen LogP contribution >= 0.6 is 0 Å². The quantitative estimate of drug-likeness (QED) is 0.616. The van der Waals surface area contributed by atoms with Gasteiger partial charge >= 0.3 is 0 Å². The maximum Gasteiger partial charge on any atom is 0.260 e. The summed E-state index contributed by atoms with van der Waals surface area (Å²) in [6, 6.07) is 22.0. The summed E-state index contributed by atoms with van der Waals surface area (Å²) in [5.74, 6) is 5.09. The van der Waals surface area contributed by atoms with E-state index in [1.165, 1.54) is 10.9 Å². The monoisotopic (exact) mass is 364 g/mol. The molecule has 4 heteroatoms. The van der Waals surface area contributed by atoms with Crippen LogP contribution < -0.4 is 25.1 Å². The summed E-state index contributed by atoms with van der Waals surface area (Å²) in [5, 5.41) is 0. The van der Waals surface area contributed by atoms with Crippen molar-refractivity contribution in [1.82, 2.24) is 0 Å². The molecule has 0 fully saturated rings. The molecule has 0 spiro atoms. The van der Waals surface area contributed by atoms with Gasteiger partial charge in [-0.25, -0.2) is 0 Å². The van der Waals surface area contributed by atoms with Gasteiger partial charge in [0, 0.05) is 24.0 Å². The van der Waals surface area contributed by atoms with Crippen molar-refractivity contribution in [3.8, 4) is 28.7 Å². The molecule has 0 saturated heterocycles. The zero-order chi connectivity index (χ0) is 18.5. The Bertz CT molecular complexity index is 1150. The fourth-order valence-corrected chi connectivity index (χ4v) is 4.28. The van der Waals surface area contributed by atoms with E-state index in [0.717, 1.165) is 47.1 Å². The van der Waals surface area contributed by atoms with E-state index >= 15 is 0 Å². The first kappa shape index (κ1) is 15.6. The van der Waals surface area contributed by atoms with Crippen LogP contribution in [0.1, 0.15) is 12.8 Å². The molecular formula is C24H17BO3. The Hall–Kier alpha value is -3.40. The molecule has 0 aromatic heterocycles. The zero-order valence-corrected chi connectivity index (χ0v) is 15.2. The molecule has 0 unspecified atom stereocenters. The molecule has 2 heterocycles. The van der Waals surface area contributed by atoms with E-state index in [2.05, 4.69) is 24.3 Å². The SMILES string of the molecule is C1=CC2=C(CC1)Oc1cc(Oc3ccccc3)cc3c1B2c1ccccc1O3. The predicted octanol–water partition coefficient (Wildman–Crippen LogP) is 4.73. The molecule has 2 aliphatic heterocycles. The smallest absolute Gasteiger partial charge is 0.260 e. The van der Waals surface area contributed by atoms with Gasteiger partial charge in [-0.1, -0.05) is 48.6 Å². The Kier molecular flexibility index (Phi) is 3.39. The molecule has 6 rings (SSSR count). The third-order valence-electron chi connectivity index (χ3n) is 5.50. The van der Waals surface area contributed by atoms with Crippen LogP contribution in [0.4, 0.5) is 0 Å². The minimum absolute atomic E-state index is 0.140. The van der Waals surface area contributed by atoms with Crippen LogP contribution in [0.15, 0.2) is 90.1 Å². The van der Waals surface area contributed by atoms with E-state index in [-0.39, 0.29) is 6.71 Å². The van der Waals surface area contributed by atoms with Crippen LogP contribution in [0, 0.1) is 0 Å². The van der Waals surface area contributed by atoms with E-state index in [9.17, 15) is 0 Å². The number of hydrogen-bond acceptors (Lipinski definition) is 3. The van der Waals surface area contributed by atoms with Crippen molar-refractivity contribution in [2.45, 2.75) is 12.8 Å². The van der Waals surface area contributed by atoms with E-state index in [1.807, 2.05) is 54.6 Å². The van der Waals surface area contributed by atoms with Crippen LogP contribution in [0.5, 0.6) is 28.7 Å². The minimum atomic E-state index is 0.140. The van der Waals surface area contributed by atoms with Crippen molar-refractivity contribution >= 4 is 17.6 Å². The molecule has 0 amide bonds. The van der Waals surface area contributed by atoms with Crippen LogP contribution in [0.2, 0.25) is 0 Å². The molecular weight excluding hydrogens is 347 g/mol. The molecule has 3 aromatic carbocycles. The number of hydrogen-bond donors (Lipinski definition) is 0. The fourth-order valence-electron chi connectivity index (χ4n) is 4.28. The lowest BCUT2D eigenvalue weighted by Gasteiger charge is -2.34. The second-order valence-corrected chi connectivity index (χ2v) is 7.24. The third kappa shape index (κ3) is 2.38. The largest absolute Gasteiger partial charge is 0.463 e. The Morgan fingerprint density at radius 1 is 0.786 bits per heavy atom. The summed E-state index contributed by atoms with van der Waals surface area (Å²) in [7, 11) is 0. The zero-order valence-electron chi connectivity index (χ0n) is 15.2. The van der Waals surface area contributed by atoms with Gasteiger partial charge in [0.2, 0.25) is 0 Å². The van der Waals surface area contributed by atoms with Crippen molar-refractivity contribution in [2.24, 2.45) is 0 Å². The predicted molar refractivity (Wildman–Crippen MR) is 111 cm³/mol. The van der Waals surface area contributed by atoms with Gasteiger partial charge in [0.15, 0.2) is 0 Å². The molecule has 0 N–H and O–H groups in total. The van der Waals surface area contributed by atoms with Gasteiger partial charge in [-0.15, -0.1) is 0 Å². The number of para-hydroxylation sites is 2. The fraction of sp³-hybridized carbons (Fsp3) is 0.0833. The van der Waals surface area contributed by atoms with Gasteiger partial charge in [-0.05, 0) is 35.6 Å². The second kappa shape index (κ2) is 6.06. The Morgan fingerprint density at radius 3 is 2.46 bits per heavy atom. The summed E-state index contributed by atoms with van der Waals surface area (Å²) in [6.45, 7) is 0.140. The highest BCUT2D eigenvalue weighted by Gasteiger charge is 2.41. The lowest BCUT2D eigenvalue weighted by Crippen LogP contribution is -2.51. The van der Waals surface area contributed by atoms with Gasteiger partial charge in [0.1, 0.15) is 28.7 Å². The van der Waals surface area contributed by atoms with E-state index in [1.54, 1.807) is 0 Å². The van der Waals surface area contributed by atoms with Gasteiger partial charge in [-0.2, -0.15) is 0 Å². The molecule has 1 aliphatic carbocycles. The number of benzene rings is 3. The highest BCUT2D eigenvalue weighted by Crippen LogP contribution is 2.40. The first-order valence-electron chi connectivity index (χ1n) is 9.62. The van der Waals surface area contributed by atoms with Gasteiger partial charge < -0.3 is 14.2 Å². The molecule has 0 atom stereocenters. The maximum absolute atomic E-state index is 6.34. The van der Waals surface area contributed by atoms with Crippen LogP contribution in [-0.4, -0.2) is 6.71 Å². The first-order chi connectivity index (χ1) is 13.9. The highest BCUT2D eigenvalue weighted by molar-refractivity contribution is 6.93. The summed E-state index contributed by atoms with van der Waals surface area (Å²) >= 11 is 0. The molecule has 134 valence electrons. The highest BCUT2D eigenvalue weighted by atomic mass is 16.5.